The van der Waals surface area contributed by atoms with E-state index in [0.29, 0.717) is 6.04 Å². The number of aryl methyl sites for hydroxylation is 3. The van der Waals surface area contributed by atoms with Crippen molar-refractivity contribution < 1.29 is 0 Å². The molecular weight excluding hydrogens is 297 g/mol. The van der Waals surface area contributed by atoms with Gasteiger partial charge in [0.2, 0.25) is 0 Å². The first-order valence-corrected chi connectivity index (χ1v) is 9.32. The van der Waals surface area contributed by atoms with Crippen LogP contribution in [0.2, 0.25) is 0 Å². The summed E-state index contributed by atoms with van der Waals surface area (Å²) in [5.74, 6) is 0. The van der Waals surface area contributed by atoms with Gasteiger partial charge in [-0.3, -0.25) is 4.90 Å². The third-order valence-electron chi connectivity index (χ3n) is 5.18. The molecule has 0 aliphatic carbocycles. The SMILES string of the molecule is Cc1cc(C(c2c(C)cccc2C)N2CCCCC2)ccc1P. The Hall–Kier alpha value is -1.17. The Morgan fingerprint density at radius 1 is 0.870 bits per heavy atom. The smallest absolute Gasteiger partial charge is 0.0607 e. The van der Waals surface area contributed by atoms with Crippen molar-refractivity contribution in [1.29, 1.82) is 0 Å². The Labute approximate surface area is 143 Å². The molecule has 2 atom stereocenters. The molecule has 0 aromatic heterocycles. The van der Waals surface area contributed by atoms with Gasteiger partial charge < -0.3 is 0 Å². The summed E-state index contributed by atoms with van der Waals surface area (Å²) < 4.78 is 0. The molecule has 3 rings (SSSR count). The number of hydrogen-bond acceptors (Lipinski definition) is 1. The van der Waals surface area contributed by atoms with E-state index in [2.05, 4.69) is 71.3 Å². The lowest BCUT2D eigenvalue weighted by Crippen LogP contribution is -2.35. The fraction of sp³-hybridized carbons (Fsp3) is 0.429. The number of likely N-dealkylation sites (tertiary alicyclic amines) is 1. The van der Waals surface area contributed by atoms with Crippen molar-refractivity contribution in [2.45, 2.75) is 46.1 Å². The van der Waals surface area contributed by atoms with Crippen LogP contribution in [0.5, 0.6) is 0 Å². The van der Waals surface area contributed by atoms with Gasteiger partial charge >= 0.3 is 0 Å². The zero-order chi connectivity index (χ0) is 16.4. The van der Waals surface area contributed by atoms with Gasteiger partial charge in [0.15, 0.2) is 0 Å². The minimum absolute atomic E-state index is 0.390. The first-order valence-electron chi connectivity index (χ1n) is 8.74. The van der Waals surface area contributed by atoms with Crippen molar-refractivity contribution in [2.24, 2.45) is 0 Å². The fourth-order valence-corrected chi connectivity index (χ4v) is 4.04. The maximum Gasteiger partial charge on any atom is 0.0607 e. The molecule has 1 nitrogen and oxygen atoms in total. The highest BCUT2D eigenvalue weighted by atomic mass is 31.0. The zero-order valence-corrected chi connectivity index (χ0v) is 15.8. The second-order valence-corrected chi connectivity index (χ2v) is 7.54. The molecule has 0 radical (unpaired) electrons. The third-order valence-corrected chi connectivity index (χ3v) is 5.83. The van der Waals surface area contributed by atoms with Crippen molar-refractivity contribution in [3.8, 4) is 0 Å². The standard InChI is InChI=1S/C21H28NP/c1-15-8-7-9-16(2)20(15)21(22-12-5-4-6-13-22)18-10-11-19(23)17(3)14-18/h7-11,14,21H,4-6,12-13,23H2,1-3H3. The fourth-order valence-electron chi connectivity index (χ4n) is 3.86. The maximum atomic E-state index is 2.84. The van der Waals surface area contributed by atoms with Crippen molar-refractivity contribution in [3.63, 3.8) is 0 Å². The zero-order valence-electron chi connectivity index (χ0n) is 14.6. The average Bonchev–Trinajstić information content (AvgIpc) is 2.55. The number of rotatable bonds is 3. The van der Waals surface area contributed by atoms with Crippen LogP contribution in [0.25, 0.3) is 0 Å². The van der Waals surface area contributed by atoms with Gasteiger partial charge in [-0.05, 0) is 79.8 Å². The number of benzene rings is 2. The summed E-state index contributed by atoms with van der Waals surface area (Å²) in [6.07, 6.45) is 4.02. The van der Waals surface area contributed by atoms with Crippen LogP contribution in [0.15, 0.2) is 36.4 Å². The molecule has 1 aliphatic heterocycles. The Balaban J connectivity index is 2.11. The van der Waals surface area contributed by atoms with Crippen LogP contribution in [-0.2, 0) is 0 Å². The largest absolute Gasteiger partial charge is 0.292 e. The third kappa shape index (κ3) is 3.52. The van der Waals surface area contributed by atoms with Crippen LogP contribution in [0.3, 0.4) is 0 Å². The Morgan fingerprint density at radius 2 is 1.52 bits per heavy atom. The van der Waals surface area contributed by atoms with Gasteiger partial charge in [0, 0.05) is 0 Å². The first-order chi connectivity index (χ1) is 11.1. The molecule has 2 aromatic carbocycles. The van der Waals surface area contributed by atoms with Gasteiger partial charge in [0.25, 0.3) is 0 Å². The summed E-state index contributed by atoms with van der Waals surface area (Å²) in [7, 11) is 2.84. The van der Waals surface area contributed by atoms with Crippen LogP contribution in [0, 0.1) is 20.8 Å². The van der Waals surface area contributed by atoms with Crippen LogP contribution in [0.1, 0.15) is 53.1 Å². The van der Waals surface area contributed by atoms with Crippen molar-refractivity contribution in [1.82, 2.24) is 4.90 Å². The monoisotopic (exact) mass is 325 g/mol. The van der Waals surface area contributed by atoms with Crippen LogP contribution in [0.4, 0.5) is 0 Å². The van der Waals surface area contributed by atoms with Gasteiger partial charge in [0.1, 0.15) is 0 Å². The highest BCUT2D eigenvalue weighted by Crippen LogP contribution is 2.35. The number of nitrogens with zero attached hydrogens (tertiary/aromatic N) is 1. The molecule has 2 heteroatoms. The molecule has 2 unspecified atom stereocenters. The van der Waals surface area contributed by atoms with E-state index < -0.39 is 0 Å². The van der Waals surface area contributed by atoms with Gasteiger partial charge in [-0.2, -0.15) is 0 Å². The van der Waals surface area contributed by atoms with E-state index in [1.165, 1.54) is 65.5 Å². The minimum Gasteiger partial charge on any atom is -0.292 e. The lowest BCUT2D eigenvalue weighted by Gasteiger charge is -2.37. The quantitative estimate of drug-likeness (QED) is 0.740. The van der Waals surface area contributed by atoms with E-state index in [-0.39, 0.29) is 0 Å². The number of hydrogen-bond donors (Lipinski definition) is 0. The van der Waals surface area contributed by atoms with Crippen LogP contribution < -0.4 is 5.30 Å². The Bertz CT molecular complexity index is 666. The molecule has 2 aromatic rings. The summed E-state index contributed by atoms with van der Waals surface area (Å²) in [5, 5.41) is 1.30. The van der Waals surface area contributed by atoms with Crippen molar-refractivity contribution in [3.05, 3.63) is 64.2 Å². The molecule has 23 heavy (non-hydrogen) atoms. The predicted octanol–water partition coefficient (Wildman–Crippen LogP) is 4.69. The van der Waals surface area contributed by atoms with Gasteiger partial charge in [-0.25, -0.2) is 0 Å². The van der Waals surface area contributed by atoms with Gasteiger partial charge in [-0.1, -0.05) is 42.8 Å². The van der Waals surface area contributed by atoms with E-state index in [4.69, 9.17) is 0 Å². The summed E-state index contributed by atoms with van der Waals surface area (Å²) in [6, 6.07) is 14.0. The second-order valence-electron chi connectivity index (χ2n) is 6.92. The van der Waals surface area contributed by atoms with Crippen molar-refractivity contribution in [2.75, 3.05) is 13.1 Å². The van der Waals surface area contributed by atoms with Crippen LogP contribution >= 0.6 is 9.24 Å². The first kappa shape index (κ1) is 16.7. The lowest BCUT2D eigenvalue weighted by molar-refractivity contribution is 0.186. The summed E-state index contributed by atoms with van der Waals surface area (Å²) >= 11 is 0. The van der Waals surface area contributed by atoms with Crippen molar-refractivity contribution >= 4 is 14.5 Å². The van der Waals surface area contributed by atoms with Crippen LogP contribution in [-0.4, -0.2) is 18.0 Å². The molecule has 1 fully saturated rings. The van der Waals surface area contributed by atoms with E-state index >= 15 is 0 Å². The average molecular weight is 325 g/mol. The van der Waals surface area contributed by atoms with Gasteiger partial charge in [0.05, 0.1) is 6.04 Å². The number of piperidine rings is 1. The Morgan fingerprint density at radius 3 is 2.13 bits per heavy atom. The van der Waals surface area contributed by atoms with Gasteiger partial charge in [-0.15, -0.1) is 9.24 Å². The normalized spacial score (nSPS) is 17.2. The highest BCUT2D eigenvalue weighted by molar-refractivity contribution is 7.27. The van der Waals surface area contributed by atoms with E-state index in [1.54, 1.807) is 0 Å². The molecule has 0 spiro atoms. The Kier molecular flexibility index (Phi) is 5.19. The molecule has 0 bridgehead atoms. The minimum atomic E-state index is 0.390. The van der Waals surface area contributed by atoms with E-state index in [0.717, 1.165) is 0 Å². The molecule has 0 amide bonds. The molecule has 1 aliphatic rings. The summed E-state index contributed by atoms with van der Waals surface area (Å²) in [6.45, 7) is 9.15. The topological polar surface area (TPSA) is 3.24 Å². The molecule has 1 saturated heterocycles. The van der Waals surface area contributed by atoms with E-state index in [1.807, 2.05) is 0 Å². The highest BCUT2D eigenvalue weighted by Gasteiger charge is 2.26. The molecule has 1 heterocycles. The summed E-state index contributed by atoms with van der Waals surface area (Å²) in [5.41, 5.74) is 7.13. The molecular formula is C21H28NP. The molecule has 122 valence electrons. The predicted molar refractivity (Wildman–Crippen MR) is 104 cm³/mol. The lowest BCUT2D eigenvalue weighted by atomic mass is 9.88. The van der Waals surface area contributed by atoms with E-state index in [9.17, 15) is 0 Å². The molecule has 0 N–H and O–H groups in total. The second kappa shape index (κ2) is 7.16. The molecule has 0 saturated carbocycles. The maximum absolute atomic E-state index is 2.84. The summed E-state index contributed by atoms with van der Waals surface area (Å²) in [4.78, 5) is 2.69.